The predicted octanol–water partition coefficient (Wildman–Crippen LogP) is 0.625. The predicted molar refractivity (Wildman–Crippen MR) is 75.1 cm³/mol. The third-order valence-electron chi connectivity index (χ3n) is 3.64. The Labute approximate surface area is 114 Å². The van der Waals surface area contributed by atoms with Crippen molar-refractivity contribution in [3.8, 4) is 0 Å². The fraction of sp³-hybridized carbons (Fsp3) is 0.615. The van der Waals surface area contributed by atoms with Crippen LogP contribution < -0.4 is 5.73 Å². The molecule has 2 rings (SSSR count). The molecule has 106 valence electrons. The van der Waals surface area contributed by atoms with Crippen molar-refractivity contribution in [1.82, 2.24) is 9.29 Å². The summed E-state index contributed by atoms with van der Waals surface area (Å²) in [4.78, 5) is 4.15. The highest BCUT2D eigenvalue weighted by Crippen LogP contribution is 2.19. The van der Waals surface area contributed by atoms with Gasteiger partial charge >= 0.3 is 0 Å². The first kappa shape index (κ1) is 14.4. The molecule has 0 saturated carbocycles. The number of pyridine rings is 1. The zero-order valence-corrected chi connectivity index (χ0v) is 11.8. The van der Waals surface area contributed by atoms with Crippen LogP contribution in [0.15, 0.2) is 24.4 Å². The maximum Gasteiger partial charge on any atom is 0.214 e. The van der Waals surface area contributed by atoms with Crippen molar-refractivity contribution in [3.05, 3.63) is 30.1 Å². The van der Waals surface area contributed by atoms with Crippen molar-refractivity contribution < 1.29 is 8.42 Å². The second-order valence-electron chi connectivity index (χ2n) is 4.97. The van der Waals surface area contributed by atoms with E-state index in [1.54, 1.807) is 10.5 Å². The Bertz CT molecular complexity index is 482. The number of nitrogens with zero attached hydrogens (tertiary/aromatic N) is 2. The van der Waals surface area contributed by atoms with Gasteiger partial charge in [-0.2, -0.15) is 0 Å². The number of nitrogens with two attached hydrogens (primary N) is 1. The van der Waals surface area contributed by atoms with Gasteiger partial charge in [-0.25, -0.2) is 12.7 Å². The van der Waals surface area contributed by atoms with Gasteiger partial charge in [0.05, 0.1) is 5.75 Å². The van der Waals surface area contributed by atoms with Gasteiger partial charge in [-0.1, -0.05) is 6.07 Å². The highest BCUT2D eigenvalue weighted by Gasteiger charge is 2.27. The zero-order valence-electron chi connectivity index (χ0n) is 11.0. The van der Waals surface area contributed by atoms with E-state index in [9.17, 15) is 8.42 Å². The van der Waals surface area contributed by atoms with Crippen molar-refractivity contribution in [2.24, 2.45) is 11.7 Å². The topological polar surface area (TPSA) is 76.3 Å². The first-order chi connectivity index (χ1) is 9.12. The second-order valence-corrected chi connectivity index (χ2v) is 7.05. The average Bonchev–Trinajstić information content (AvgIpc) is 2.46. The van der Waals surface area contributed by atoms with E-state index in [-0.39, 0.29) is 5.75 Å². The Morgan fingerprint density at radius 2 is 2.05 bits per heavy atom. The summed E-state index contributed by atoms with van der Waals surface area (Å²) < 4.78 is 26.0. The normalized spacial score (nSPS) is 18.6. The maximum absolute atomic E-state index is 12.2. The Morgan fingerprint density at radius 3 is 2.63 bits per heavy atom. The van der Waals surface area contributed by atoms with E-state index in [1.807, 2.05) is 18.2 Å². The van der Waals surface area contributed by atoms with Crippen LogP contribution in [0.3, 0.4) is 0 Å². The molecular formula is C13H21N3O2S. The lowest BCUT2D eigenvalue weighted by Gasteiger charge is -2.30. The molecule has 0 amide bonds. The molecule has 1 aliphatic rings. The molecule has 0 aliphatic carbocycles. The summed E-state index contributed by atoms with van der Waals surface area (Å²) in [6, 6.07) is 5.56. The molecule has 2 N–H and O–H groups in total. The molecular weight excluding hydrogens is 262 g/mol. The van der Waals surface area contributed by atoms with Crippen LogP contribution in [0, 0.1) is 5.92 Å². The van der Waals surface area contributed by atoms with Gasteiger partial charge < -0.3 is 5.73 Å². The van der Waals surface area contributed by atoms with Crippen molar-refractivity contribution >= 4 is 10.0 Å². The largest absolute Gasteiger partial charge is 0.330 e. The molecule has 0 aromatic carbocycles. The summed E-state index contributed by atoms with van der Waals surface area (Å²) in [7, 11) is -3.16. The lowest BCUT2D eigenvalue weighted by Crippen LogP contribution is -2.41. The summed E-state index contributed by atoms with van der Waals surface area (Å²) in [6.45, 7) is 1.86. The van der Waals surface area contributed by atoms with Gasteiger partial charge in [0, 0.05) is 31.4 Å². The molecule has 6 heteroatoms. The Balaban J connectivity index is 1.89. The number of rotatable bonds is 5. The molecule has 1 aromatic rings. The summed E-state index contributed by atoms with van der Waals surface area (Å²) in [6.07, 6.45) is 3.91. The minimum absolute atomic E-state index is 0.136. The van der Waals surface area contributed by atoms with Crippen LogP contribution >= 0.6 is 0 Å². The van der Waals surface area contributed by atoms with Gasteiger partial charge in [-0.05, 0) is 37.4 Å². The average molecular weight is 283 g/mol. The first-order valence-electron chi connectivity index (χ1n) is 6.69. The van der Waals surface area contributed by atoms with Gasteiger partial charge in [0.1, 0.15) is 0 Å². The fourth-order valence-electron chi connectivity index (χ4n) is 2.33. The molecule has 1 aliphatic heterocycles. The Hall–Kier alpha value is -0.980. The molecule has 5 nitrogen and oxygen atoms in total. The van der Waals surface area contributed by atoms with Crippen molar-refractivity contribution in [2.75, 3.05) is 25.4 Å². The highest BCUT2D eigenvalue weighted by atomic mass is 32.2. The van der Waals surface area contributed by atoms with Gasteiger partial charge in [-0.3, -0.25) is 4.98 Å². The zero-order chi connectivity index (χ0) is 13.7. The van der Waals surface area contributed by atoms with E-state index >= 15 is 0 Å². The van der Waals surface area contributed by atoms with Gasteiger partial charge in [0.2, 0.25) is 10.0 Å². The number of aromatic nitrogens is 1. The summed E-state index contributed by atoms with van der Waals surface area (Å²) in [5, 5.41) is 0. The Morgan fingerprint density at radius 1 is 1.32 bits per heavy atom. The van der Waals surface area contributed by atoms with Crippen molar-refractivity contribution in [2.45, 2.75) is 19.3 Å². The molecule has 1 fully saturated rings. The van der Waals surface area contributed by atoms with Crippen LogP contribution in [-0.4, -0.2) is 43.1 Å². The van der Waals surface area contributed by atoms with E-state index in [4.69, 9.17) is 5.73 Å². The van der Waals surface area contributed by atoms with Gasteiger partial charge in [0.25, 0.3) is 0 Å². The molecule has 0 bridgehead atoms. The third-order valence-corrected chi connectivity index (χ3v) is 5.51. The van der Waals surface area contributed by atoms with Crippen LogP contribution in [0.5, 0.6) is 0 Å². The molecule has 19 heavy (non-hydrogen) atoms. The Kier molecular flexibility index (Phi) is 4.90. The fourth-order valence-corrected chi connectivity index (χ4v) is 3.82. The van der Waals surface area contributed by atoms with Gasteiger partial charge in [-0.15, -0.1) is 0 Å². The smallest absolute Gasteiger partial charge is 0.214 e. The van der Waals surface area contributed by atoms with Crippen molar-refractivity contribution in [1.29, 1.82) is 0 Å². The van der Waals surface area contributed by atoms with E-state index < -0.39 is 10.0 Å². The minimum Gasteiger partial charge on any atom is -0.330 e. The molecule has 1 saturated heterocycles. The van der Waals surface area contributed by atoms with Crippen LogP contribution in [0.25, 0.3) is 0 Å². The van der Waals surface area contributed by atoms with Crippen LogP contribution in [-0.2, 0) is 16.4 Å². The minimum atomic E-state index is -3.16. The molecule has 0 spiro atoms. The van der Waals surface area contributed by atoms with E-state index in [2.05, 4.69) is 4.98 Å². The molecule has 0 unspecified atom stereocenters. The van der Waals surface area contributed by atoms with Gasteiger partial charge in [0.15, 0.2) is 0 Å². The number of aryl methyl sites for hydroxylation is 1. The summed E-state index contributed by atoms with van der Waals surface area (Å²) in [5.41, 5.74) is 6.44. The monoisotopic (exact) mass is 283 g/mol. The number of piperidine rings is 1. The molecule has 1 aromatic heterocycles. The van der Waals surface area contributed by atoms with E-state index in [1.165, 1.54) is 0 Å². The molecule has 2 heterocycles. The first-order valence-corrected chi connectivity index (χ1v) is 8.30. The summed E-state index contributed by atoms with van der Waals surface area (Å²) >= 11 is 0. The maximum atomic E-state index is 12.2. The van der Waals surface area contributed by atoms with E-state index in [0.29, 0.717) is 32.0 Å². The highest BCUT2D eigenvalue weighted by molar-refractivity contribution is 7.89. The van der Waals surface area contributed by atoms with E-state index in [0.717, 1.165) is 18.5 Å². The number of sulfonamides is 1. The number of hydrogen-bond donors (Lipinski definition) is 1. The van der Waals surface area contributed by atoms with Crippen LogP contribution in [0.4, 0.5) is 0 Å². The number of hydrogen-bond acceptors (Lipinski definition) is 4. The molecule has 0 atom stereocenters. The third kappa shape index (κ3) is 3.99. The lowest BCUT2D eigenvalue weighted by atomic mass is 9.99. The van der Waals surface area contributed by atoms with Crippen molar-refractivity contribution in [3.63, 3.8) is 0 Å². The second kappa shape index (κ2) is 6.45. The quantitative estimate of drug-likeness (QED) is 0.859. The molecule has 0 radical (unpaired) electrons. The standard InChI is InChI=1S/C13H21N3O2S/c14-11-12-4-8-16(9-5-12)19(17,18)10-6-13-3-1-2-7-15-13/h1-3,7,12H,4-6,8-11,14H2. The SMILES string of the molecule is NCC1CCN(S(=O)(=O)CCc2ccccn2)CC1. The lowest BCUT2D eigenvalue weighted by molar-refractivity contribution is 0.278. The summed E-state index contributed by atoms with van der Waals surface area (Å²) in [5.74, 6) is 0.611. The van der Waals surface area contributed by atoms with Crippen LogP contribution in [0.2, 0.25) is 0 Å². The van der Waals surface area contributed by atoms with Crippen LogP contribution in [0.1, 0.15) is 18.5 Å².